The fraction of sp³-hybridized carbons (Fsp3) is 0.556. The van der Waals surface area contributed by atoms with E-state index in [0.29, 0.717) is 34.8 Å². The van der Waals surface area contributed by atoms with Crippen LogP contribution < -0.4 is 5.73 Å². The second kappa shape index (κ2) is 6.33. The van der Waals surface area contributed by atoms with Crippen molar-refractivity contribution >= 4 is 17.4 Å². The first kappa shape index (κ1) is 18.2. The zero-order valence-corrected chi connectivity index (χ0v) is 15.6. The van der Waals surface area contributed by atoms with Crippen molar-refractivity contribution in [2.75, 3.05) is 32.0 Å². The van der Waals surface area contributed by atoms with Gasteiger partial charge in [-0.1, -0.05) is 11.6 Å². The Bertz CT molecular complexity index is 901. The molecule has 4 heterocycles. The average molecular weight is 414 g/mol. The lowest BCUT2D eigenvalue weighted by Crippen LogP contribution is -2.48. The molecule has 2 atom stereocenters. The van der Waals surface area contributed by atoms with Gasteiger partial charge in [0.2, 0.25) is 0 Å². The summed E-state index contributed by atoms with van der Waals surface area (Å²) < 4.78 is 45.7. The molecule has 28 heavy (non-hydrogen) atoms. The molecular formula is C18H19ClF3N5O. The third-order valence-corrected chi connectivity index (χ3v) is 6.31. The van der Waals surface area contributed by atoms with E-state index >= 15 is 0 Å². The average Bonchev–Trinajstić information content (AvgIpc) is 2.91. The predicted octanol–water partition coefficient (Wildman–Crippen LogP) is 2.79. The Morgan fingerprint density at radius 3 is 2.50 bits per heavy atom. The number of anilines is 1. The van der Waals surface area contributed by atoms with Gasteiger partial charge in [0.15, 0.2) is 0 Å². The number of likely N-dealkylation sites (tertiary alicyclic amines) is 1. The molecule has 2 aromatic heterocycles. The molecule has 1 saturated carbocycles. The number of piperidine rings is 1. The van der Waals surface area contributed by atoms with Gasteiger partial charge in [-0.25, -0.2) is 4.98 Å². The lowest BCUT2D eigenvalue weighted by atomic mass is 10.1. The molecule has 0 bridgehead atoms. The van der Waals surface area contributed by atoms with Gasteiger partial charge in [-0.15, -0.1) is 0 Å². The Balaban J connectivity index is 1.42. The van der Waals surface area contributed by atoms with E-state index in [9.17, 15) is 13.2 Å². The van der Waals surface area contributed by atoms with Crippen molar-refractivity contribution in [2.45, 2.75) is 24.7 Å². The summed E-state index contributed by atoms with van der Waals surface area (Å²) in [6.07, 6.45) is -2.86. The molecule has 3 aliphatic rings. The molecule has 3 fully saturated rings. The van der Waals surface area contributed by atoms with Crippen molar-refractivity contribution in [3.8, 4) is 11.3 Å². The summed E-state index contributed by atoms with van der Waals surface area (Å²) in [5, 5.41) is 4.49. The summed E-state index contributed by atoms with van der Waals surface area (Å²) in [6.45, 7) is 2.22. The molecule has 10 heteroatoms. The molecule has 150 valence electrons. The molecular weight excluding hydrogens is 395 g/mol. The minimum atomic E-state index is -4.34. The van der Waals surface area contributed by atoms with Crippen LogP contribution in [-0.4, -0.2) is 58.2 Å². The predicted molar refractivity (Wildman–Crippen MR) is 96.8 cm³/mol. The van der Waals surface area contributed by atoms with Gasteiger partial charge in [0.25, 0.3) is 0 Å². The lowest BCUT2D eigenvalue weighted by Gasteiger charge is -2.35. The quantitative estimate of drug-likeness (QED) is 0.834. The van der Waals surface area contributed by atoms with Gasteiger partial charge < -0.3 is 10.5 Å². The summed E-state index contributed by atoms with van der Waals surface area (Å²) in [7, 11) is 0. The number of rotatable bonds is 4. The highest BCUT2D eigenvalue weighted by Gasteiger charge is 2.59. The number of aromatic nitrogens is 3. The van der Waals surface area contributed by atoms with Crippen LogP contribution in [0.1, 0.15) is 11.6 Å². The number of ether oxygens (including phenoxy) is 1. The molecule has 0 spiro atoms. The number of halogens is 4. The number of fused-ring (bicyclic) bond motifs is 1. The normalized spacial score (nSPS) is 27.6. The number of nitrogen functional groups attached to an aromatic ring is 1. The van der Waals surface area contributed by atoms with Crippen molar-refractivity contribution in [1.29, 1.82) is 0 Å². The Hall–Kier alpha value is -1.84. The lowest BCUT2D eigenvalue weighted by molar-refractivity contribution is -0.143. The highest BCUT2D eigenvalue weighted by atomic mass is 35.5. The second-order valence-corrected chi connectivity index (χ2v) is 8.22. The highest BCUT2D eigenvalue weighted by molar-refractivity contribution is 6.33. The van der Waals surface area contributed by atoms with E-state index in [4.69, 9.17) is 22.1 Å². The van der Waals surface area contributed by atoms with Gasteiger partial charge in [-0.3, -0.25) is 9.58 Å². The standard InChI is InChI=1S/C18H19ClF3N5O/c19-13-1-9(3-24-17(13)23)14-2-15(27(25-14)8-18(20,21)22)16-11-4-26(5-12(11)16)10-6-28-7-10/h1-3,10-12,16H,4-8H2,(H2,23,24). The SMILES string of the molecule is Nc1ncc(-c2cc(C3C4CN(C5COC5)CC43)n(CC(F)(F)F)n2)cc1Cl. The Morgan fingerprint density at radius 1 is 1.21 bits per heavy atom. The monoisotopic (exact) mass is 413 g/mol. The van der Waals surface area contributed by atoms with Gasteiger partial charge in [0.1, 0.15) is 12.4 Å². The number of alkyl halides is 3. The molecule has 1 aliphatic carbocycles. The minimum absolute atomic E-state index is 0.109. The molecule has 2 saturated heterocycles. The summed E-state index contributed by atoms with van der Waals surface area (Å²) in [5.74, 6) is 1.05. The smallest absolute Gasteiger partial charge is 0.382 e. The van der Waals surface area contributed by atoms with Crippen LogP contribution in [0.2, 0.25) is 5.02 Å². The minimum Gasteiger partial charge on any atom is -0.382 e. The Morgan fingerprint density at radius 2 is 1.93 bits per heavy atom. The molecule has 5 rings (SSSR count). The molecule has 2 aliphatic heterocycles. The van der Waals surface area contributed by atoms with Gasteiger partial charge in [0.05, 0.1) is 30.0 Å². The van der Waals surface area contributed by atoms with E-state index in [0.717, 1.165) is 31.0 Å². The van der Waals surface area contributed by atoms with Crippen LogP contribution in [0.25, 0.3) is 11.3 Å². The number of hydrogen-bond acceptors (Lipinski definition) is 5. The zero-order valence-electron chi connectivity index (χ0n) is 14.9. The third-order valence-electron chi connectivity index (χ3n) is 6.01. The van der Waals surface area contributed by atoms with Crippen molar-refractivity contribution in [3.63, 3.8) is 0 Å². The Kier molecular flexibility index (Phi) is 4.12. The first-order valence-corrected chi connectivity index (χ1v) is 9.55. The summed E-state index contributed by atoms with van der Waals surface area (Å²) in [4.78, 5) is 6.38. The molecule has 2 N–H and O–H groups in total. The maximum absolute atomic E-state index is 13.1. The first-order valence-electron chi connectivity index (χ1n) is 9.18. The molecule has 0 radical (unpaired) electrons. The number of nitrogens with zero attached hydrogens (tertiary/aromatic N) is 4. The van der Waals surface area contributed by atoms with Crippen LogP contribution in [0.15, 0.2) is 18.3 Å². The number of hydrogen-bond donors (Lipinski definition) is 1. The molecule has 0 amide bonds. The van der Waals surface area contributed by atoms with E-state index in [-0.39, 0.29) is 16.8 Å². The molecule has 2 unspecified atom stereocenters. The van der Waals surface area contributed by atoms with E-state index in [1.807, 2.05) is 0 Å². The van der Waals surface area contributed by atoms with Gasteiger partial charge in [-0.2, -0.15) is 18.3 Å². The second-order valence-electron chi connectivity index (χ2n) is 7.82. The first-order chi connectivity index (χ1) is 13.3. The topological polar surface area (TPSA) is 69.2 Å². The summed E-state index contributed by atoms with van der Waals surface area (Å²) in [6, 6.07) is 3.79. The van der Waals surface area contributed by atoms with E-state index in [1.54, 1.807) is 12.1 Å². The highest BCUT2D eigenvalue weighted by Crippen LogP contribution is 2.59. The van der Waals surface area contributed by atoms with Crippen molar-refractivity contribution in [2.24, 2.45) is 11.8 Å². The van der Waals surface area contributed by atoms with Crippen molar-refractivity contribution < 1.29 is 17.9 Å². The largest absolute Gasteiger partial charge is 0.408 e. The van der Waals surface area contributed by atoms with Gasteiger partial charge >= 0.3 is 6.18 Å². The summed E-state index contributed by atoms with van der Waals surface area (Å²) >= 11 is 6.02. The number of nitrogens with two attached hydrogens (primary N) is 1. The summed E-state index contributed by atoms with van der Waals surface area (Å²) in [5.41, 5.74) is 7.26. The van der Waals surface area contributed by atoms with Crippen molar-refractivity contribution in [1.82, 2.24) is 19.7 Å². The van der Waals surface area contributed by atoms with Crippen LogP contribution in [-0.2, 0) is 11.3 Å². The maximum Gasteiger partial charge on any atom is 0.408 e. The van der Waals surface area contributed by atoms with Crippen LogP contribution in [0.4, 0.5) is 19.0 Å². The van der Waals surface area contributed by atoms with Crippen LogP contribution in [0.5, 0.6) is 0 Å². The molecule has 2 aromatic rings. The fourth-order valence-electron chi connectivity index (χ4n) is 4.46. The van der Waals surface area contributed by atoms with E-state index in [1.165, 1.54) is 6.20 Å². The number of pyridine rings is 1. The van der Waals surface area contributed by atoms with Gasteiger partial charge in [0, 0.05) is 36.5 Å². The zero-order chi connectivity index (χ0) is 19.6. The van der Waals surface area contributed by atoms with Crippen LogP contribution in [0.3, 0.4) is 0 Å². The van der Waals surface area contributed by atoms with E-state index in [2.05, 4.69) is 15.0 Å². The van der Waals surface area contributed by atoms with Crippen molar-refractivity contribution in [3.05, 3.63) is 29.0 Å². The van der Waals surface area contributed by atoms with Crippen LogP contribution >= 0.6 is 11.6 Å². The van der Waals surface area contributed by atoms with Crippen LogP contribution in [0, 0.1) is 11.8 Å². The Labute approximate surface area is 164 Å². The third kappa shape index (κ3) is 3.15. The molecule has 0 aromatic carbocycles. The van der Waals surface area contributed by atoms with Gasteiger partial charge in [-0.05, 0) is 24.0 Å². The molecule has 6 nitrogen and oxygen atoms in total. The fourth-order valence-corrected chi connectivity index (χ4v) is 4.62. The van der Waals surface area contributed by atoms with E-state index < -0.39 is 12.7 Å². The maximum atomic E-state index is 13.1.